The fraction of sp³-hybridized carbons (Fsp3) is 0.150. The Labute approximate surface area is 141 Å². The smallest absolute Gasteiger partial charge is 0.279 e. The van der Waals surface area contributed by atoms with Gasteiger partial charge in [-0.25, -0.2) is 0 Å². The highest BCUT2D eigenvalue weighted by Crippen LogP contribution is 2.18. The van der Waals surface area contributed by atoms with Crippen LogP contribution < -0.4 is 10.6 Å². The second-order valence-corrected chi connectivity index (χ2v) is 5.76. The summed E-state index contributed by atoms with van der Waals surface area (Å²) in [5.41, 5.74) is 3.05. The van der Waals surface area contributed by atoms with Gasteiger partial charge in [-0.15, -0.1) is 0 Å². The molecule has 122 valence electrons. The molecule has 3 rings (SSSR count). The highest BCUT2D eigenvalue weighted by molar-refractivity contribution is 5.91. The average Bonchev–Trinajstić information content (AvgIpc) is 3.10. The monoisotopic (exact) mass is 321 g/mol. The second kappa shape index (κ2) is 7.62. The van der Waals surface area contributed by atoms with Gasteiger partial charge in [0.25, 0.3) is 5.91 Å². The highest BCUT2D eigenvalue weighted by atomic mass is 16.3. The van der Waals surface area contributed by atoms with E-state index < -0.39 is 0 Å². The number of rotatable bonds is 6. The number of carbonyl (C=O) groups is 1. The van der Waals surface area contributed by atoms with Crippen LogP contribution in [0.2, 0.25) is 0 Å². The minimum atomic E-state index is -0.0375. The minimum absolute atomic E-state index is 0.0342. The van der Waals surface area contributed by atoms with Crippen LogP contribution in [0.1, 0.15) is 22.9 Å². The lowest BCUT2D eigenvalue weighted by Crippen LogP contribution is -2.87. The van der Waals surface area contributed by atoms with Gasteiger partial charge in [-0.05, 0) is 36.8 Å². The molecule has 0 unspecified atom stereocenters. The van der Waals surface area contributed by atoms with Gasteiger partial charge in [-0.2, -0.15) is 0 Å². The molecule has 0 aliphatic carbocycles. The second-order valence-electron chi connectivity index (χ2n) is 5.76. The van der Waals surface area contributed by atoms with Gasteiger partial charge in [0.2, 0.25) is 0 Å². The van der Waals surface area contributed by atoms with E-state index in [0.717, 1.165) is 22.6 Å². The average molecular weight is 321 g/mol. The topological polar surface area (TPSA) is 58.9 Å². The molecule has 24 heavy (non-hydrogen) atoms. The lowest BCUT2D eigenvalue weighted by Gasteiger charge is -2.14. The first kappa shape index (κ1) is 16.0. The predicted molar refractivity (Wildman–Crippen MR) is 93.6 cm³/mol. The molecule has 4 nitrogen and oxygen atoms in total. The molecule has 0 radical (unpaired) electrons. The number of hydrogen-bond donors (Lipinski definition) is 2. The third-order valence-corrected chi connectivity index (χ3v) is 3.85. The molecular formula is C20H21N2O2+. The van der Waals surface area contributed by atoms with Gasteiger partial charge in [0.05, 0.1) is 6.26 Å². The van der Waals surface area contributed by atoms with E-state index in [4.69, 9.17) is 4.42 Å². The Morgan fingerprint density at radius 3 is 2.62 bits per heavy atom. The summed E-state index contributed by atoms with van der Waals surface area (Å²) in [6, 6.07) is 21.6. The van der Waals surface area contributed by atoms with Gasteiger partial charge in [0, 0.05) is 11.3 Å². The molecule has 0 bridgehead atoms. The number of quaternary nitrogens is 1. The summed E-state index contributed by atoms with van der Waals surface area (Å²) in [5, 5.41) is 4.92. The molecule has 3 N–H and O–H groups in total. The van der Waals surface area contributed by atoms with Gasteiger partial charge in [-0.1, -0.05) is 42.5 Å². The Bertz CT molecular complexity index is 782. The van der Waals surface area contributed by atoms with Crippen molar-refractivity contribution in [3.05, 3.63) is 89.9 Å². The van der Waals surface area contributed by atoms with E-state index in [1.165, 1.54) is 0 Å². The number of anilines is 1. The fourth-order valence-corrected chi connectivity index (χ4v) is 2.70. The zero-order valence-electron chi connectivity index (χ0n) is 13.6. The van der Waals surface area contributed by atoms with Crippen molar-refractivity contribution in [2.24, 2.45) is 0 Å². The van der Waals surface area contributed by atoms with Crippen molar-refractivity contribution in [3.63, 3.8) is 0 Å². The molecule has 1 heterocycles. The summed E-state index contributed by atoms with van der Waals surface area (Å²) >= 11 is 0. The number of hydrogen-bond acceptors (Lipinski definition) is 2. The Hall–Kier alpha value is -2.85. The molecule has 0 fully saturated rings. The molecule has 0 saturated carbocycles. The Kier molecular flexibility index (Phi) is 5.08. The molecule has 0 saturated heterocycles. The third-order valence-electron chi connectivity index (χ3n) is 3.85. The van der Waals surface area contributed by atoms with Crippen molar-refractivity contribution >= 4 is 11.6 Å². The normalized spacial score (nSPS) is 11.9. The standard InChI is InChI=1S/C20H20N2O2/c1-15-7-5-10-17(13-15)22-19(23)14-21-20(18-11-6-12-24-18)16-8-3-2-4-9-16/h2-13,20-21H,14H2,1H3,(H,22,23)/p+1/t20-/m0/s1. The molecule has 0 aliphatic heterocycles. The maximum absolute atomic E-state index is 12.3. The number of benzene rings is 2. The Morgan fingerprint density at radius 2 is 1.92 bits per heavy atom. The van der Waals surface area contributed by atoms with Crippen LogP contribution in [-0.2, 0) is 4.79 Å². The summed E-state index contributed by atoms with van der Waals surface area (Å²) in [7, 11) is 0. The van der Waals surface area contributed by atoms with Crippen molar-refractivity contribution in [2.45, 2.75) is 13.0 Å². The van der Waals surface area contributed by atoms with Gasteiger partial charge < -0.3 is 15.1 Å². The third kappa shape index (κ3) is 4.12. The van der Waals surface area contributed by atoms with Crippen molar-refractivity contribution < 1.29 is 14.5 Å². The maximum atomic E-state index is 12.3. The lowest BCUT2D eigenvalue weighted by molar-refractivity contribution is -0.678. The summed E-state index contributed by atoms with van der Waals surface area (Å²) in [6.07, 6.45) is 1.66. The van der Waals surface area contributed by atoms with E-state index in [-0.39, 0.29) is 11.9 Å². The number of nitrogens with one attached hydrogen (secondary N) is 1. The van der Waals surface area contributed by atoms with Crippen LogP contribution >= 0.6 is 0 Å². The summed E-state index contributed by atoms with van der Waals surface area (Å²) in [4.78, 5) is 12.3. The zero-order chi connectivity index (χ0) is 16.8. The van der Waals surface area contributed by atoms with Crippen LogP contribution in [0.15, 0.2) is 77.4 Å². The molecule has 1 aromatic heterocycles. The van der Waals surface area contributed by atoms with Crippen molar-refractivity contribution in [2.75, 3.05) is 11.9 Å². The molecule has 2 aromatic carbocycles. The first-order valence-corrected chi connectivity index (χ1v) is 8.00. The van der Waals surface area contributed by atoms with Crippen LogP contribution in [0, 0.1) is 6.92 Å². The van der Waals surface area contributed by atoms with Crippen LogP contribution in [0.3, 0.4) is 0 Å². The van der Waals surface area contributed by atoms with Crippen LogP contribution in [0.25, 0.3) is 0 Å². The summed E-state index contributed by atoms with van der Waals surface area (Å²) in [6.45, 7) is 2.32. The maximum Gasteiger partial charge on any atom is 0.279 e. The minimum Gasteiger partial charge on any atom is -0.463 e. The van der Waals surface area contributed by atoms with E-state index in [1.807, 2.05) is 79.0 Å². The molecule has 0 aliphatic rings. The highest BCUT2D eigenvalue weighted by Gasteiger charge is 2.21. The SMILES string of the molecule is Cc1cccc(NC(=O)C[NH2+][C@@H](c2ccccc2)c2ccco2)c1. The first-order chi connectivity index (χ1) is 11.7. The van der Waals surface area contributed by atoms with Crippen LogP contribution in [0.4, 0.5) is 5.69 Å². The van der Waals surface area contributed by atoms with E-state index in [9.17, 15) is 4.79 Å². The van der Waals surface area contributed by atoms with Crippen molar-refractivity contribution in [3.8, 4) is 0 Å². The van der Waals surface area contributed by atoms with Crippen LogP contribution in [-0.4, -0.2) is 12.5 Å². The van der Waals surface area contributed by atoms with Crippen molar-refractivity contribution in [1.29, 1.82) is 0 Å². The number of amides is 1. The molecular weight excluding hydrogens is 300 g/mol. The summed E-state index contributed by atoms with van der Waals surface area (Å²) < 4.78 is 5.55. The quantitative estimate of drug-likeness (QED) is 0.733. The lowest BCUT2D eigenvalue weighted by atomic mass is 10.0. The first-order valence-electron chi connectivity index (χ1n) is 8.00. The van der Waals surface area contributed by atoms with Crippen molar-refractivity contribution in [1.82, 2.24) is 0 Å². The van der Waals surface area contributed by atoms with Crippen LogP contribution in [0.5, 0.6) is 0 Å². The predicted octanol–water partition coefficient (Wildman–Crippen LogP) is 2.88. The molecule has 3 aromatic rings. The molecule has 1 amide bonds. The number of carbonyl (C=O) groups excluding carboxylic acids is 1. The van der Waals surface area contributed by atoms with Gasteiger partial charge in [0.1, 0.15) is 0 Å². The molecule has 0 spiro atoms. The zero-order valence-corrected chi connectivity index (χ0v) is 13.6. The Balaban J connectivity index is 1.67. The molecule has 4 heteroatoms. The van der Waals surface area contributed by atoms with E-state index >= 15 is 0 Å². The number of aryl methyl sites for hydroxylation is 1. The fourth-order valence-electron chi connectivity index (χ4n) is 2.70. The van der Waals surface area contributed by atoms with Gasteiger partial charge in [-0.3, -0.25) is 4.79 Å². The largest absolute Gasteiger partial charge is 0.463 e. The van der Waals surface area contributed by atoms with Gasteiger partial charge in [0.15, 0.2) is 18.3 Å². The number of furan rings is 1. The van der Waals surface area contributed by atoms with E-state index in [0.29, 0.717) is 6.54 Å². The van der Waals surface area contributed by atoms with E-state index in [2.05, 4.69) is 5.32 Å². The summed E-state index contributed by atoms with van der Waals surface area (Å²) in [5.74, 6) is 0.803. The van der Waals surface area contributed by atoms with Gasteiger partial charge >= 0.3 is 0 Å². The molecule has 1 atom stereocenters. The van der Waals surface area contributed by atoms with E-state index in [1.54, 1.807) is 6.26 Å². The Morgan fingerprint density at radius 1 is 1.08 bits per heavy atom. The number of nitrogens with two attached hydrogens (primary N) is 1.